The van der Waals surface area contributed by atoms with Crippen molar-refractivity contribution in [3.8, 4) is 5.75 Å². The highest BCUT2D eigenvalue weighted by Crippen LogP contribution is 2.52. The molecule has 0 unspecified atom stereocenters. The molecule has 0 aromatic heterocycles. The van der Waals surface area contributed by atoms with Crippen LogP contribution in [0.1, 0.15) is 34.9 Å². The zero-order valence-electron chi connectivity index (χ0n) is 12.2. The molecule has 0 N–H and O–H groups in total. The van der Waals surface area contributed by atoms with Crippen LogP contribution < -0.4 is 4.74 Å². The van der Waals surface area contributed by atoms with Gasteiger partial charge in [-0.1, -0.05) is 0 Å². The molecular formula is C14H11F5O4S. The Balaban J connectivity index is 2.10. The zero-order chi connectivity index (χ0) is 18.1. The molecule has 0 bridgehead atoms. The average Bonchev–Trinajstić information content (AvgIpc) is 2.58. The quantitative estimate of drug-likeness (QED) is 0.767. The number of hydrogen-bond acceptors (Lipinski definition) is 4. The van der Waals surface area contributed by atoms with Gasteiger partial charge in [0.05, 0.1) is 10.5 Å². The minimum atomic E-state index is -4.44. The summed E-state index contributed by atoms with van der Waals surface area (Å²) in [7, 11) is -4.09. The lowest BCUT2D eigenvalue weighted by atomic mass is 9.91. The fourth-order valence-electron chi connectivity index (χ4n) is 2.81. The molecule has 3 rings (SSSR count). The number of alkyl halides is 5. The van der Waals surface area contributed by atoms with E-state index in [1.165, 1.54) is 0 Å². The zero-order valence-corrected chi connectivity index (χ0v) is 13.0. The second-order valence-corrected chi connectivity index (χ2v) is 7.93. The SMILES string of the molecule is CS(=O)(=O)c1ccc(OC2CC(F)(F)C2)c2c1C(=O)C(F)(F)[C@@H]2F. The van der Waals surface area contributed by atoms with Gasteiger partial charge in [0, 0.05) is 24.7 Å². The number of carbonyl (C=O) groups excluding carboxylic acids is 1. The largest absolute Gasteiger partial charge is 0.490 e. The van der Waals surface area contributed by atoms with Gasteiger partial charge in [-0.2, -0.15) is 8.78 Å². The van der Waals surface area contributed by atoms with E-state index in [1.54, 1.807) is 0 Å². The smallest absolute Gasteiger partial charge is 0.344 e. The van der Waals surface area contributed by atoms with Gasteiger partial charge in [0.25, 0.3) is 5.92 Å². The maximum absolute atomic E-state index is 14.1. The fraction of sp³-hybridized carbons (Fsp3) is 0.500. The third-order valence-electron chi connectivity index (χ3n) is 4.01. The van der Waals surface area contributed by atoms with Gasteiger partial charge in [0.1, 0.15) is 11.9 Å². The van der Waals surface area contributed by atoms with Gasteiger partial charge in [-0.05, 0) is 12.1 Å². The molecule has 0 saturated heterocycles. The lowest BCUT2D eigenvalue weighted by Gasteiger charge is -2.35. The summed E-state index contributed by atoms with van der Waals surface area (Å²) in [5, 5.41) is 0. The first-order chi connectivity index (χ1) is 10.8. The van der Waals surface area contributed by atoms with E-state index in [0.29, 0.717) is 6.26 Å². The highest BCUT2D eigenvalue weighted by Gasteiger charge is 2.59. The number of halogens is 5. The summed E-state index contributed by atoms with van der Waals surface area (Å²) in [6.45, 7) is 0. The van der Waals surface area contributed by atoms with Gasteiger partial charge in [-0.15, -0.1) is 0 Å². The summed E-state index contributed by atoms with van der Waals surface area (Å²) in [6, 6.07) is 1.75. The van der Waals surface area contributed by atoms with Gasteiger partial charge < -0.3 is 4.74 Å². The van der Waals surface area contributed by atoms with Crippen LogP contribution in [-0.4, -0.2) is 38.4 Å². The van der Waals surface area contributed by atoms with E-state index in [9.17, 15) is 35.2 Å². The Labute approximate surface area is 133 Å². The second-order valence-electron chi connectivity index (χ2n) is 5.94. The van der Waals surface area contributed by atoms with E-state index >= 15 is 0 Å². The molecule has 0 spiro atoms. The predicted octanol–water partition coefficient (Wildman–Crippen LogP) is 3.11. The molecule has 24 heavy (non-hydrogen) atoms. The fourth-order valence-corrected chi connectivity index (χ4v) is 3.70. The average molecular weight is 370 g/mol. The summed E-state index contributed by atoms with van der Waals surface area (Å²) in [6.07, 6.45) is -4.78. The number of fused-ring (bicyclic) bond motifs is 1. The number of carbonyl (C=O) groups is 1. The van der Waals surface area contributed by atoms with Crippen LogP contribution in [0.3, 0.4) is 0 Å². The van der Waals surface area contributed by atoms with Crippen molar-refractivity contribution in [2.45, 2.75) is 41.9 Å². The summed E-state index contributed by atoms with van der Waals surface area (Å²) in [5.74, 6) is -9.87. The monoisotopic (exact) mass is 370 g/mol. The Morgan fingerprint density at radius 3 is 2.25 bits per heavy atom. The maximum atomic E-state index is 14.1. The summed E-state index contributed by atoms with van der Waals surface area (Å²) in [5.41, 5.74) is -1.87. The minimum Gasteiger partial charge on any atom is -0.490 e. The van der Waals surface area contributed by atoms with Gasteiger partial charge in [0.2, 0.25) is 12.0 Å². The molecule has 0 heterocycles. The molecule has 1 fully saturated rings. The molecule has 1 saturated carbocycles. The van der Waals surface area contributed by atoms with Crippen molar-refractivity contribution >= 4 is 15.6 Å². The van der Waals surface area contributed by atoms with E-state index in [4.69, 9.17) is 4.74 Å². The number of ether oxygens (including phenoxy) is 1. The summed E-state index contributed by atoms with van der Waals surface area (Å²) >= 11 is 0. The molecule has 132 valence electrons. The highest BCUT2D eigenvalue weighted by atomic mass is 32.2. The summed E-state index contributed by atoms with van der Waals surface area (Å²) < 4.78 is 95.7. The van der Waals surface area contributed by atoms with Gasteiger partial charge in [-0.3, -0.25) is 4.79 Å². The number of sulfone groups is 1. The molecule has 2 aliphatic carbocycles. The van der Waals surface area contributed by atoms with Crippen molar-refractivity contribution in [3.63, 3.8) is 0 Å². The van der Waals surface area contributed by atoms with Crippen molar-refractivity contribution < 1.29 is 39.9 Å². The number of hydrogen-bond donors (Lipinski definition) is 0. The first kappa shape index (κ1) is 17.1. The molecule has 1 atom stereocenters. The van der Waals surface area contributed by atoms with Crippen molar-refractivity contribution in [1.29, 1.82) is 0 Å². The van der Waals surface area contributed by atoms with E-state index in [1.807, 2.05) is 0 Å². The molecule has 2 aliphatic rings. The van der Waals surface area contributed by atoms with Gasteiger partial charge >= 0.3 is 5.92 Å². The molecule has 0 amide bonds. The molecular weight excluding hydrogens is 359 g/mol. The van der Waals surface area contributed by atoms with E-state index in [2.05, 4.69) is 0 Å². The number of rotatable bonds is 3. The van der Waals surface area contributed by atoms with Crippen molar-refractivity contribution in [3.05, 3.63) is 23.3 Å². The predicted molar refractivity (Wildman–Crippen MR) is 71.3 cm³/mol. The Hall–Kier alpha value is -1.71. The highest BCUT2D eigenvalue weighted by molar-refractivity contribution is 7.90. The Morgan fingerprint density at radius 1 is 1.17 bits per heavy atom. The molecule has 10 heteroatoms. The third kappa shape index (κ3) is 2.47. The third-order valence-corrected chi connectivity index (χ3v) is 5.15. The van der Waals surface area contributed by atoms with Gasteiger partial charge in [0.15, 0.2) is 9.84 Å². The van der Waals surface area contributed by atoms with Crippen LogP contribution in [-0.2, 0) is 9.84 Å². The van der Waals surface area contributed by atoms with Crippen LogP contribution in [0.25, 0.3) is 0 Å². The Kier molecular flexibility index (Phi) is 3.50. The van der Waals surface area contributed by atoms with Crippen LogP contribution in [0.15, 0.2) is 17.0 Å². The van der Waals surface area contributed by atoms with Crippen molar-refractivity contribution in [2.24, 2.45) is 0 Å². The number of Topliss-reactive ketones (excluding diaryl/α,β-unsaturated/α-hetero) is 1. The Bertz CT molecular complexity index is 826. The lowest BCUT2D eigenvalue weighted by Crippen LogP contribution is -2.43. The van der Waals surface area contributed by atoms with E-state index in [0.717, 1.165) is 12.1 Å². The van der Waals surface area contributed by atoms with Crippen LogP contribution in [0.4, 0.5) is 22.0 Å². The van der Waals surface area contributed by atoms with Crippen LogP contribution in [0, 0.1) is 0 Å². The van der Waals surface area contributed by atoms with E-state index < -0.39 is 74.4 Å². The first-order valence-corrected chi connectivity index (χ1v) is 8.72. The molecule has 0 aliphatic heterocycles. The van der Waals surface area contributed by atoms with Crippen LogP contribution in [0.5, 0.6) is 5.75 Å². The van der Waals surface area contributed by atoms with E-state index in [-0.39, 0.29) is 0 Å². The topological polar surface area (TPSA) is 60.4 Å². The molecule has 4 nitrogen and oxygen atoms in total. The summed E-state index contributed by atoms with van der Waals surface area (Å²) in [4.78, 5) is 11.0. The van der Waals surface area contributed by atoms with Crippen LogP contribution >= 0.6 is 0 Å². The number of ketones is 1. The van der Waals surface area contributed by atoms with Gasteiger partial charge in [-0.25, -0.2) is 21.6 Å². The Morgan fingerprint density at radius 2 is 1.75 bits per heavy atom. The number of benzene rings is 1. The van der Waals surface area contributed by atoms with Crippen molar-refractivity contribution in [1.82, 2.24) is 0 Å². The van der Waals surface area contributed by atoms with Crippen molar-refractivity contribution in [2.75, 3.05) is 6.26 Å². The lowest BCUT2D eigenvalue weighted by molar-refractivity contribution is -0.135. The minimum absolute atomic E-state index is 0.518. The first-order valence-electron chi connectivity index (χ1n) is 6.83. The second kappa shape index (κ2) is 4.90. The molecule has 1 aromatic carbocycles. The normalized spacial score (nSPS) is 25.2. The molecule has 0 radical (unpaired) electrons. The van der Waals surface area contributed by atoms with Crippen LogP contribution in [0.2, 0.25) is 0 Å². The maximum Gasteiger partial charge on any atom is 0.344 e. The molecule has 1 aromatic rings. The standard InChI is InChI=1S/C14H11F5O4S/c1-24(21,22)8-3-2-7(23-6-4-13(16,17)5-6)9-10(8)12(20)14(18,19)11(9)15/h2-3,6,11H,4-5H2,1H3/t11-/m1/s1.